The number of halogens is 1. The smallest absolute Gasteiger partial charge is 0.287 e. The van der Waals surface area contributed by atoms with Gasteiger partial charge in [0, 0.05) is 0 Å². The summed E-state index contributed by atoms with van der Waals surface area (Å²) in [5.74, 6) is 1.23. The van der Waals surface area contributed by atoms with E-state index in [-0.39, 0.29) is 17.0 Å². The van der Waals surface area contributed by atoms with Crippen molar-refractivity contribution in [1.82, 2.24) is 5.32 Å². The lowest BCUT2D eigenvalue weighted by molar-refractivity contribution is 0.0918. The minimum absolute atomic E-state index is 0.248. The van der Waals surface area contributed by atoms with Gasteiger partial charge in [0.05, 0.1) is 18.2 Å². The van der Waals surface area contributed by atoms with Crippen LogP contribution in [0.3, 0.4) is 0 Å². The molecule has 90 valence electrons. The first kappa shape index (κ1) is 11.8. The fourth-order valence-corrected chi connectivity index (χ4v) is 1.47. The van der Waals surface area contributed by atoms with Crippen LogP contribution in [0.5, 0.6) is 0 Å². The Kier molecular flexibility index (Phi) is 3.54. The summed E-state index contributed by atoms with van der Waals surface area (Å²) in [6.07, 6.45) is 1.56. The number of hydrogen-bond acceptors (Lipinski definition) is 3. The van der Waals surface area contributed by atoms with E-state index in [1.165, 1.54) is 0 Å². The molecule has 5 heteroatoms. The first-order chi connectivity index (χ1) is 8.16. The van der Waals surface area contributed by atoms with E-state index < -0.39 is 0 Å². The van der Waals surface area contributed by atoms with Crippen molar-refractivity contribution in [2.45, 2.75) is 18.8 Å². The highest BCUT2D eigenvalue weighted by Gasteiger charge is 2.13. The molecule has 2 aromatic rings. The van der Waals surface area contributed by atoms with Crippen LogP contribution in [0.4, 0.5) is 0 Å². The molecule has 1 atom stereocenters. The Morgan fingerprint density at radius 3 is 2.88 bits per heavy atom. The van der Waals surface area contributed by atoms with Crippen molar-refractivity contribution in [2.75, 3.05) is 0 Å². The van der Waals surface area contributed by atoms with E-state index in [9.17, 15) is 4.79 Å². The summed E-state index contributed by atoms with van der Waals surface area (Å²) in [6, 6.07) is 6.85. The van der Waals surface area contributed by atoms with Crippen LogP contribution in [0.15, 0.2) is 39.4 Å². The van der Waals surface area contributed by atoms with Crippen LogP contribution in [0.1, 0.15) is 34.4 Å². The number of hydrogen-bond donors (Lipinski definition) is 1. The molecule has 0 fully saturated rings. The van der Waals surface area contributed by atoms with Gasteiger partial charge in [-0.2, -0.15) is 0 Å². The Morgan fingerprint density at radius 1 is 1.47 bits per heavy atom. The lowest BCUT2D eigenvalue weighted by Gasteiger charge is -2.00. The fourth-order valence-electron chi connectivity index (χ4n) is 1.36. The minimum atomic E-state index is -0.287. The molecule has 0 radical (unpaired) electrons. The molecule has 1 amide bonds. The van der Waals surface area contributed by atoms with Gasteiger partial charge in [-0.15, -0.1) is 11.6 Å². The van der Waals surface area contributed by atoms with E-state index >= 15 is 0 Å². The van der Waals surface area contributed by atoms with Crippen LogP contribution in [-0.4, -0.2) is 5.91 Å². The van der Waals surface area contributed by atoms with E-state index in [2.05, 4.69) is 5.32 Å². The van der Waals surface area contributed by atoms with Gasteiger partial charge in [0.2, 0.25) is 0 Å². The number of rotatable bonds is 4. The Bertz CT molecular complexity index is 488. The standard InChI is InChI=1S/C12H12ClNO3/c1-8(13)10-4-5-11(17-10)12(15)14-7-9-3-2-6-16-9/h2-6,8H,7H2,1H3,(H,14,15). The predicted molar refractivity (Wildman–Crippen MR) is 62.9 cm³/mol. The molecule has 2 heterocycles. The van der Waals surface area contributed by atoms with Crippen molar-refractivity contribution in [3.8, 4) is 0 Å². The van der Waals surface area contributed by atoms with Gasteiger partial charge in [-0.05, 0) is 31.2 Å². The van der Waals surface area contributed by atoms with Crippen molar-refractivity contribution in [3.05, 3.63) is 47.8 Å². The number of furan rings is 2. The van der Waals surface area contributed by atoms with Gasteiger partial charge in [0.1, 0.15) is 11.5 Å². The average Bonchev–Trinajstić information content (AvgIpc) is 2.96. The molecule has 2 rings (SSSR count). The van der Waals surface area contributed by atoms with Crippen LogP contribution >= 0.6 is 11.6 Å². The van der Waals surface area contributed by atoms with E-state index in [1.807, 2.05) is 0 Å². The first-order valence-electron chi connectivity index (χ1n) is 5.21. The molecule has 0 aliphatic heterocycles. The van der Waals surface area contributed by atoms with Crippen molar-refractivity contribution < 1.29 is 13.6 Å². The van der Waals surface area contributed by atoms with Crippen molar-refractivity contribution >= 4 is 17.5 Å². The Labute approximate surface area is 104 Å². The third-order valence-corrected chi connectivity index (χ3v) is 2.46. The molecule has 0 saturated heterocycles. The third-order valence-electron chi connectivity index (χ3n) is 2.25. The quantitative estimate of drug-likeness (QED) is 0.852. The molecule has 0 aliphatic rings. The lowest BCUT2D eigenvalue weighted by Crippen LogP contribution is -2.21. The molecule has 0 saturated carbocycles. The normalized spacial score (nSPS) is 12.4. The Hall–Kier alpha value is -1.68. The molecule has 2 aromatic heterocycles. The summed E-state index contributed by atoms with van der Waals surface area (Å²) in [7, 11) is 0. The lowest BCUT2D eigenvalue weighted by atomic mass is 10.3. The number of amides is 1. The summed E-state index contributed by atoms with van der Waals surface area (Å²) in [5, 5.41) is 2.44. The maximum absolute atomic E-state index is 11.7. The van der Waals surface area contributed by atoms with Gasteiger partial charge in [-0.3, -0.25) is 4.79 Å². The molecule has 0 aliphatic carbocycles. The van der Waals surface area contributed by atoms with Gasteiger partial charge in [-0.1, -0.05) is 0 Å². The largest absolute Gasteiger partial charge is 0.467 e. The van der Waals surface area contributed by atoms with Gasteiger partial charge in [0.25, 0.3) is 5.91 Å². The number of alkyl halides is 1. The van der Waals surface area contributed by atoms with Gasteiger partial charge in [-0.25, -0.2) is 0 Å². The molecule has 0 aromatic carbocycles. The number of carbonyl (C=O) groups is 1. The predicted octanol–water partition coefficient (Wildman–Crippen LogP) is 3.10. The highest BCUT2D eigenvalue weighted by molar-refractivity contribution is 6.20. The van der Waals surface area contributed by atoms with Crippen molar-refractivity contribution in [2.24, 2.45) is 0 Å². The topological polar surface area (TPSA) is 55.4 Å². The minimum Gasteiger partial charge on any atom is -0.467 e. The van der Waals surface area contributed by atoms with E-state index in [4.69, 9.17) is 20.4 Å². The van der Waals surface area contributed by atoms with Crippen LogP contribution in [-0.2, 0) is 6.54 Å². The maximum atomic E-state index is 11.7. The molecule has 1 N–H and O–H groups in total. The summed E-state index contributed by atoms with van der Waals surface area (Å²) >= 11 is 5.84. The SMILES string of the molecule is CC(Cl)c1ccc(C(=O)NCc2ccco2)o1. The molecule has 0 bridgehead atoms. The van der Waals surface area contributed by atoms with E-state index in [0.717, 1.165) is 0 Å². The zero-order chi connectivity index (χ0) is 12.3. The molecular weight excluding hydrogens is 242 g/mol. The Morgan fingerprint density at radius 2 is 2.29 bits per heavy atom. The second-order valence-electron chi connectivity index (χ2n) is 3.58. The van der Waals surface area contributed by atoms with E-state index in [0.29, 0.717) is 18.1 Å². The highest BCUT2D eigenvalue weighted by atomic mass is 35.5. The molecule has 1 unspecified atom stereocenters. The summed E-state index contributed by atoms with van der Waals surface area (Å²) in [4.78, 5) is 11.7. The third kappa shape index (κ3) is 2.91. The monoisotopic (exact) mass is 253 g/mol. The second kappa shape index (κ2) is 5.10. The van der Waals surface area contributed by atoms with Crippen LogP contribution in [0.25, 0.3) is 0 Å². The van der Waals surface area contributed by atoms with Gasteiger partial charge >= 0.3 is 0 Å². The van der Waals surface area contributed by atoms with Crippen molar-refractivity contribution in [3.63, 3.8) is 0 Å². The maximum Gasteiger partial charge on any atom is 0.287 e. The zero-order valence-electron chi connectivity index (χ0n) is 9.27. The highest BCUT2D eigenvalue weighted by Crippen LogP contribution is 2.21. The van der Waals surface area contributed by atoms with Gasteiger partial charge in [0.15, 0.2) is 5.76 Å². The molecule has 17 heavy (non-hydrogen) atoms. The Balaban J connectivity index is 1.95. The van der Waals surface area contributed by atoms with Crippen LogP contribution < -0.4 is 5.32 Å². The van der Waals surface area contributed by atoms with E-state index in [1.54, 1.807) is 37.5 Å². The molecule has 0 spiro atoms. The van der Waals surface area contributed by atoms with Crippen molar-refractivity contribution in [1.29, 1.82) is 0 Å². The van der Waals surface area contributed by atoms with Crippen LogP contribution in [0.2, 0.25) is 0 Å². The van der Waals surface area contributed by atoms with Crippen LogP contribution in [0, 0.1) is 0 Å². The number of carbonyl (C=O) groups excluding carboxylic acids is 1. The first-order valence-corrected chi connectivity index (χ1v) is 5.65. The number of nitrogens with one attached hydrogen (secondary N) is 1. The summed E-state index contributed by atoms with van der Waals surface area (Å²) in [6.45, 7) is 2.11. The summed E-state index contributed by atoms with van der Waals surface area (Å²) in [5.41, 5.74) is 0. The summed E-state index contributed by atoms with van der Waals surface area (Å²) < 4.78 is 10.4. The average molecular weight is 254 g/mol. The zero-order valence-corrected chi connectivity index (χ0v) is 10.0. The van der Waals surface area contributed by atoms with Gasteiger partial charge < -0.3 is 14.2 Å². The second-order valence-corrected chi connectivity index (χ2v) is 4.23. The molecular formula is C12H12ClNO3. The fraction of sp³-hybridized carbons (Fsp3) is 0.250. The molecule has 4 nitrogen and oxygen atoms in total.